The van der Waals surface area contributed by atoms with Crippen LogP contribution >= 0.6 is 27.7 Å². The number of carboxylic acid groups (broad SMARTS) is 1. The summed E-state index contributed by atoms with van der Waals surface area (Å²) in [5.74, 6) is -0.924. The van der Waals surface area contributed by atoms with Crippen LogP contribution in [-0.4, -0.2) is 30.3 Å². The third-order valence-corrected chi connectivity index (χ3v) is 4.14. The van der Waals surface area contributed by atoms with Gasteiger partial charge in [-0.05, 0) is 51.5 Å². The molecule has 1 heterocycles. The van der Waals surface area contributed by atoms with E-state index in [0.717, 1.165) is 27.5 Å². The molecule has 0 atom stereocenters. The molecule has 1 aromatic heterocycles. The van der Waals surface area contributed by atoms with Crippen LogP contribution in [0.2, 0.25) is 0 Å². The van der Waals surface area contributed by atoms with E-state index in [9.17, 15) is 9.90 Å². The summed E-state index contributed by atoms with van der Waals surface area (Å²) >= 11 is 4.33. The first-order chi connectivity index (χ1) is 10.4. The maximum atomic E-state index is 11.3. The summed E-state index contributed by atoms with van der Waals surface area (Å²) in [5.41, 5.74) is 1.72. The van der Waals surface area contributed by atoms with Crippen molar-refractivity contribution in [2.75, 3.05) is 19.0 Å². The van der Waals surface area contributed by atoms with Crippen LogP contribution in [0.15, 0.2) is 37.2 Å². The molecule has 0 bridgehead atoms. The fraction of sp³-hybridized carbons (Fsp3) is 0.214. The van der Waals surface area contributed by atoms with Crippen LogP contribution in [0, 0.1) is 6.92 Å². The van der Waals surface area contributed by atoms with E-state index in [4.69, 9.17) is 4.42 Å². The molecule has 0 N–H and O–H groups in total. The number of aliphatic carboxylic acids is 1. The highest BCUT2D eigenvalue weighted by Crippen LogP contribution is 2.30. The number of carboxylic acids is 1. The highest BCUT2D eigenvalue weighted by atomic mass is 79.9. The average molecular weight is 383 g/mol. The number of thioether (sulfide) groups is 1. The first kappa shape index (κ1) is 16.6. The fourth-order valence-corrected chi connectivity index (χ4v) is 3.13. The van der Waals surface area contributed by atoms with Gasteiger partial charge in [-0.3, -0.25) is 0 Å². The van der Waals surface area contributed by atoms with Gasteiger partial charge in [0.1, 0.15) is 0 Å². The Bertz CT molecular complexity index is 728. The summed E-state index contributed by atoms with van der Waals surface area (Å²) in [6.45, 7) is 1.64. The molecule has 116 valence electrons. The van der Waals surface area contributed by atoms with E-state index >= 15 is 0 Å². The molecule has 0 amide bonds. The Kier molecular flexibility index (Phi) is 5.25. The van der Waals surface area contributed by atoms with Crippen molar-refractivity contribution in [3.8, 4) is 0 Å². The minimum atomic E-state index is -1.30. The Hall–Kier alpha value is -1.80. The van der Waals surface area contributed by atoms with E-state index in [-0.39, 0.29) is 10.1 Å². The molecule has 0 radical (unpaired) electrons. The van der Waals surface area contributed by atoms with Crippen LogP contribution in [0.3, 0.4) is 0 Å². The van der Waals surface area contributed by atoms with Crippen molar-refractivity contribution in [2.24, 2.45) is 0 Å². The van der Waals surface area contributed by atoms with Gasteiger partial charge in [0.25, 0.3) is 5.22 Å². The summed E-state index contributed by atoms with van der Waals surface area (Å²) < 4.78 is 6.03. The number of aryl methyl sites for hydroxylation is 1. The zero-order valence-corrected chi connectivity index (χ0v) is 14.6. The monoisotopic (exact) mass is 382 g/mol. The van der Waals surface area contributed by atoms with E-state index in [2.05, 4.69) is 26.1 Å². The number of halogens is 1. The van der Waals surface area contributed by atoms with Crippen molar-refractivity contribution in [3.05, 3.63) is 39.0 Å². The predicted octanol–water partition coefficient (Wildman–Crippen LogP) is 2.09. The second-order valence-corrected chi connectivity index (χ2v) is 6.44. The molecule has 22 heavy (non-hydrogen) atoms. The second-order valence-electron chi connectivity index (χ2n) is 4.59. The van der Waals surface area contributed by atoms with Crippen LogP contribution in [0.1, 0.15) is 11.5 Å². The van der Waals surface area contributed by atoms with Crippen molar-refractivity contribution in [3.63, 3.8) is 0 Å². The summed E-state index contributed by atoms with van der Waals surface area (Å²) in [6.07, 6.45) is 1.50. The SMILES string of the molecule is Cc1nnc(S/C(=C/c2ccc(N(C)C)c(Br)c2)C(=O)[O-])o1. The summed E-state index contributed by atoms with van der Waals surface area (Å²) in [5, 5.41) is 18.9. The first-order valence-corrected chi connectivity index (χ1v) is 7.85. The van der Waals surface area contributed by atoms with Crippen LogP contribution in [-0.2, 0) is 4.79 Å². The molecule has 0 aliphatic carbocycles. The molecule has 0 saturated heterocycles. The standard InChI is InChI=1S/C14H14BrN3O3S/c1-8-16-17-14(21-8)22-12(13(19)20)7-9-4-5-11(18(2)3)10(15)6-9/h4-7H,1-3H3,(H,19,20)/p-1/b12-7+. The summed E-state index contributed by atoms with van der Waals surface area (Å²) in [4.78, 5) is 13.2. The number of hydrogen-bond donors (Lipinski definition) is 0. The Morgan fingerprint density at radius 3 is 2.64 bits per heavy atom. The number of aromatic nitrogens is 2. The lowest BCUT2D eigenvalue weighted by Gasteiger charge is -2.15. The fourth-order valence-electron chi connectivity index (χ4n) is 1.67. The molecule has 0 aliphatic rings. The topological polar surface area (TPSA) is 82.3 Å². The number of carbonyl (C=O) groups is 1. The number of hydrogen-bond acceptors (Lipinski definition) is 7. The van der Waals surface area contributed by atoms with Gasteiger partial charge in [0.2, 0.25) is 5.89 Å². The molecular formula is C14H13BrN3O3S-. The van der Waals surface area contributed by atoms with Crippen molar-refractivity contribution >= 4 is 45.4 Å². The molecule has 0 fully saturated rings. The van der Waals surface area contributed by atoms with Gasteiger partial charge in [-0.2, -0.15) is 0 Å². The highest BCUT2D eigenvalue weighted by molar-refractivity contribution is 9.10. The second kappa shape index (κ2) is 6.97. The van der Waals surface area contributed by atoms with E-state index in [1.54, 1.807) is 6.92 Å². The van der Waals surface area contributed by atoms with Gasteiger partial charge in [0.15, 0.2) is 0 Å². The van der Waals surface area contributed by atoms with E-state index in [0.29, 0.717) is 5.89 Å². The predicted molar refractivity (Wildman–Crippen MR) is 86.3 cm³/mol. The lowest BCUT2D eigenvalue weighted by molar-refractivity contribution is -0.298. The number of nitrogens with zero attached hydrogens (tertiary/aromatic N) is 3. The Morgan fingerprint density at radius 1 is 1.41 bits per heavy atom. The molecule has 0 aliphatic heterocycles. The van der Waals surface area contributed by atoms with Gasteiger partial charge in [-0.1, -0.05) is 6.07 Å². The average Bonchev–Trinajstić information content (AvgIpc) is 2.83. The molecular weight excluding hydrogens is 370 g/mol. The molecule has 6 nitrogen and oxygen atoms in total. The van der Waals surface area contributed by atoms with Gasteiger partial charge >= 0.3 is 0 Å². The maximum absolute atomic E-state index is 11.3. The van der Waals surface area contributed by atoms with Gasteiger partial charge in [0, 0.05) is 30.4 Å². The van der Waals surface area contributed by atoms with Gasteiger partial charge < -0.3 is 19.2 Å². The summed E-state index contributed by atoms with van der Waals surface area (Å²) in [7, 11) is 3.85. The van der Waals surface area contributed by atoms with Crippen LogP contribution in [0.4, 0.5) is 5.69 Å². The number of carbonyl (C=O) groups excluding carboxylic acids is 1. The maximum Gasteiger partial charge on any atom is 0.281 e. The van der Waals surface area contributed by atoms with Crippen molar-refractivity contribution in [1.29, 1.82) is 0 Å². The Labute approximate surface area is 140 Å². The first-order valence-electron chi connectivity index (χ1n) is 6.24. The van der Waals surface area contributed by atoms with Crippen molar-refractivity contribution in [1.82, 2.24) is 10.2 Å². The normalized spacial score (nSPS) is 11.5. The van der Waals surface area contributed by atoms with E-state index in [1.807, 2.05) is 37.2 Å². The lowest BCUT2D eigenvalue weighted by atomic mass is 10.2. The van der Waals surface area contributed by atoms with Crippen LogP contribution in [0.5, 0.6) is 0 Å². The highest BCUT2D eigenvalue weighted by Gasteiger charge is 2.10. The smallest absolute Gasteiger partial charge is 0.281 e. The number of rotatable bonds is 5. The molecule has 0 spiro atoms. The van der Waals surface area contributed by atoms with E-state index < -0.39 is 5.97 Å². The minimum Gasteiger partial charge on any atom is -0.544 e. The van der Waals surface area contributed by atoms with Gasteiger partial charge in [0.05, 0.1) is 11.7 Å². The molecule has 1 aromatic carbocycles. The van der Waals surface area contributed by atoms with Crippen LogP contribution < -0.4 is 10.0 Å². The Balaban J connectivity index is 2.30. The third-order valence-electron chi connectivity index (χ3n) is 2.66. The molecule has 0 saturated carbocycles. The Morgan fingerprint density at radius 2 is 2.14 bits per heavy atom. The summed E-state index contributed by atoms with van der Waals surface area (Å²) in [6, 6.07) is 5.55. The number of anilines is 1. The van der Waals surface area contributed by atoms with Crippen molar-refractivity contribution in [2.45, 2.75) is 12.1 Å². The minimum absolute atomic E-state index is 0.00634. The third kappa shape index (κ3) is 4.11. The molecule has 2 aromatic rings. The zero-order valence-electron chi connectivity index (χ0n) is 12.2. The van der Waals surface area contributed by atoms with Crippen LogP contribution in [0.25, 0.3) is 6.08 Å². The molecule has 0 unspecified atom stereocenters. The quantitative estimate of drug-likeness (QED) is 0.578. The van der Waals surface area contributed by atoms with Crippen molar-refractivity contribution < 1.29 is 14.3 Å². The molecule has 8 heteroatoms. The lowest BCUT2D eigenvalue weighted by Crippen LogP contribution is -2.23. The number of benzene rings is 1. The van der Waals surface area contributed by atoms with E-state index in [1.165, 1.54) is 6.08 Å². The largest absolute Gasteiger partial charge is 0.544 e. The molecule has 2 rings (SSSR count). The van der Waals surface area contributed by atoms with Gasteiger partial charge in [-0.15, -0.1) is 10.2 Å². The van der Waals surface area contributed by atoms with Gasteiger partial charge in [-0.25, -0.2) is 0 Å². The zero-order chi connectivity index (χ0) is 16.3.